The molecule has 2 aliphatic heterocycles. The molecule has 3 heterocycles. The number of ether oxygens (including phenoxy) is 1. The van der Waals surface area contributed by atoms with Crippen LogP contribution in [0, 0.1) is 5.92 Å². The largest absolute Gasteiger partial charge is 0.373 e. The van der Waals surface area contributed by atoms with E-state index >= 15 is 0 Å². The molecular weight excluding hydrogens is 268 g/mol. The molecule has 1 fully saturated rings. The quantitative estimate of drug-likeness (QED) is 0.879. The number of imidazole rings is 1. The molecule has 21 heavy (non-hydrogen) atoms. The molecule has 0 radical (unpaired) electrons. The number of hydrogen-bond acceptors (Lipinski definition) is 3. The average molecular weight is 292 g/mol. The van der Waals surface area contributed by atoms with Gasteiger partial charge in [0.2, 0.25) is 0 Å². The molecular formula is C15H24N4O2. The van der Waals surface area contributed by atoms with Gasteiger partial charge in [-0.1, -0.05) is 0 Å². The van der Waals surface area contributed by atoms with E-state index in [1.54, 1.807) is 0 Å². The number of nitrogens with zero attached hydrogens (tertiary/aromatic N) is 2. The van der Waals surface area contributed by atoms with Gasteiger partial charge in [-0.2, -0.15) is 0 Å². The summed E-state index contributed by atoms with van der Waals surface area (Å²) in [5, 5.41) is 5.90. The summed E-state index contributed by atoms with van der Waals surface area (Å²) >= 11 is 0. The highest BCUT2D eigenvalue weighted by Gasteiger charge is 2.30. The minimum absolute atomic E-state index is 0.0966. The van der Waals surface area contributed by atoms with E-state index in [0.29, 0.717) is 19.0 Å². The number of amides is 2. The normalized spacial score (nSPS) is 28.1. The number of fused-ring (bicyclic) bond motifs is 1. The Balaban J connectivity index is 1.38. The van der Waals surface area contributed by atoms with Gasteiger partial charge in [0.05, 0.1) is 5.60 Å². The Morgan fingerprint density at radius 2 is 2.48 bits per heavy atom. The van der Waals surface area contributed by atoms with E-state index in [4.69, 9.17) is 4.74 Å². The highest BCUT2D eigenvalue weighted by molar-refractivity contribution is 5.73. The Morgan fingerprint density at radius 3 is 3.29 bits per heavy atom. The van der Waals surface area contributed by atoms with Gasteiger partial charge in [-0.3, -0.25) is 0 Å². The van der Waals surface area contributed by atoms with E-state index in [9.17, 15) is 4.79 Å². The van der Waals surface area contributed by atoms with E-state index < -0.39 is 0 Å². The summed E-state index contributed by atoms with van der Waals surface area (Å²) in [6.07, 6.45) is 7.99. The SMILES string of the molecule is CC1(CNC(=O)NCC2CCn3ccnc3C2)CCCO1. The molecule has 1 saturated heterocycles. The monoisotopic (exact) mass is 292 g/mol. The first-order chi connectivity index (χ1) is 10.1. The van der Waals surface area contributed by atoms with Gasteiger partial charge in [-0.25, -0.2) is 9.78 Å². The number of nitrogens with one attached hydrogen (secondary N) is 2. The topological polar surface area (TPSA) is 68.2 Å². The zero-order chi connectivity index (χ0) is 14.7. The van der Waals surface area contributed by atoms with Crippen LogP contribution in [-0.4, -0.2) is 40.9 Å². The molecule has 2 unspecified atom stereocenters. The molecule has 0 bridgehead atoms. The molecule has 2 atom stereocenters. The van der Waals surface area contributed by atoms with Crippen LogP contribution in [0.15, 0.2) is 12.4 Å². The zero-order valence-electron chi connectivity index (χ0n) is 12.6. The number of aromatic nitrogens is 2. The highest BCUT2D eigenvalue weighted by Crippen LogP contribution is 2.23. The molecule has 0 spiro atoms. The van der Waals surface area contributed by atoms with E-state index in [0.717, 1.165) is 44.7 Å². The predicted molar refractivity (Wildman–Crippen MR) is 79.0 cm³/mol. The van der Waals surface area contributed by atoms with Crippen molar-refractivity contribution in [2.24, 2.45) is 5.92 Å². The van der Waals surface area contributed by atoms with Crippen molar-refractivity contribution in [2.75, 3.05) is 19.7 Å². The fraction of sp³-hybridized carbons (Fsp3) is 0.733. The molecule has 6 heteroatoms. The van der Waals surface area contributed by atoms with E-state index in [1.807, 2.05) is 12.4 Å². The summed E-state index contributed by atoms with van der Waals surface area (Å²) in [6, 6.07) is -0.0966. The first-order valence-electron chi connectivity index (χ1n) is 7.80. The van der Waals surface area contributed by atoms with E-state index in [1.165, 1.54) is 0 Å². The van der Waals surface area contributed by atoms with Crippen molar-refractivity contribution in [1.82, 2.24) is 20.2 Å². The summed E-state index contributed by atoms with van der Waals surface area (Å²) in [5.41, 5.74) is -0.188. The maximum absolute atomic E-state index is 11.9. The standard InChI is InChI=1S/C15H24N4O2/c1-15(4-2-8-21-15)11-18-14(20)17-10-12-3-6-19-7-5-16-13(19)9-12/h5,7,12H,2-4,6,8-11H2,1H3,(H2,17,18,20). The lowest BCUT2D eigenvalue weighted by molar-refractivity contribution is 0.0229. The second-order valence-electron chi connectivity index (χ2n) is 6.36. The second-order valence-corrected chi connectivity index (χ2v) is 6.36. The minimum Gasteiger partial charge on any atom is -0.373 e. The van der Waals surface area contributed by atoms with Crippen molar-refractivity contribution in [3.05, 3.63) is 18.2 Å². The van der Waals surface area contributed by atoms with Gasteiger partial charge in [-0.15, -0.1) is 0 Å². The van der Waals surface area contributed by atoms with Gasteiger partial charge < -0.3 is 19.9 Å². The van der Waals surface area contributed by atoms with Crippen LogP contribution in [-0.2, 0) is 17.7 Å². The molecule has 0 aromatic carbocycles. The average Bonchev–Trinajstić information content (AvgIpc) is 3.11. The third-order valence-electron chi connectivity index (χ3n) is 4.53. The third-order valence-corrected chi connectivity index (χ3v) is 4.53. The zero-order valence-corrected chi connectivity index (χ0v) is 12.6. The van der Waals surface area contributed by atoms with E-state index in [2.05, 4.69) is 27.1 Å². The Bertz CT molecular complexity index is 494. The summed E-state index contributed by atoms with van der Waals surface area (Å²) in [6.45, 7) is 5.13. The van der Waals surface area contributed by atoms with Crippen LogP contribution in [0.4, 0.5) is 4.79 Å². The van der Waals surface area contributed by atoms with Crippen molar-refractivity contribution < 1.29 is 9.53 Å². The Morgan fingerprint density at radius 1 is 1.57 bits per heavy atom. The number of carbonyl (C=O) groups excluding carboxylic acids is 1. The fourth-order valence-electron chi connectivity index (χ4n) is 3.13. The first-order valence-corrected chi connectivity index (χ1v) is 7.80. The molecule has 3 rings (SSSR count). The second kappa shape index (κ2) is 6.05. The maximum Gasteiger partial charge on any atom is 0.314 e. The number of carbonyl (C=O) groups is 1. The predicted octanol–water partition coefficient (Wildman–Crippen LogP) is 1.31. The van der Waals surface area contributed by atoms with Gasteiger partial charge in [0.1, 0.15) is 5.82 Å². The summed E-state index contributed by atoms with van der Waals surface area (Å²) < 4.78 is 7.85. The van der Waals surface area contributed by atoms with Crippen molar-refractivity contribution >= 4 is 6.03 Å². The van der Waals surface area contributed by atoms with Crippen LogP contribution in [0.2, 0.25) is 0 Å². The van der Waals surface area contributed by atoms with Crippen molar-refractivity contribution in [2.45, 2.75) is 44.8 Å². The Hall–Kier alpha value is -1.56. The molecule has 0 saturated carbocycles. The molecule has 1 aromatic rings. The van der Waals surface area contributed by atoms with Crippen molar-refractivity contribution in [3.63, 3.8) is 0 Å². The lowest BCUT2D eigenvalue weighted by Gasteiger charge is -2.25. The summed E-state index contributed by atoms with van der Waals surface area (Å²) in [7, 11) is 0. The number of aryl methyl sites for hydroxylation is 1. The van der Waals surface area contributed by atoms with Gasteiger partial charge in [-0.05, 0) is 32.1 Å². The molecule has 6 nitrogen and oxygen atoms in total. The first kappa shape index (κ1) is 14.4. The lowest BCUT2D eigenvalue weighted by atomic mass is 9.98. The molecule has 2 aliphatic rings. The number of rotatable bonds is 4. The Kier molecular flexibility index (Phi) is 4.14. The number of hydrogen-bond donors (Lipinski definition) is 2. The van der Waals surface area contributed by atoms with Crippen LogP contribution >= 0.6 is 0 Å². The van der Waals surface area contributed by atoms with Gasteiger partial charge in [0, 0.05) is 45.1 Å². The lowest BCUT2D eigenvalue weighted by Crippen LogP contribution is -2.46. The molecule has 1 aromatic heterocycles. The van der Waals surface area contributed by atoms with Crippen molar-refractivity contribution in [3.8, 4) is 0 Å². The molecule has 2 amide bonds. The van der Waals surface area contributed by atoms with Gasteiger partial charge >= 0.3 is 6.03 Å². The molecule has 116 valence electrons. The smallest absolute Gasteiger partial charge is 0.314 e. The summed E-state index contributed by atoms with van der Waals surface area (Å²) in [5.74, 6) is 1.60. The van der Waals surface area contributed by atoms with Crippen LogP contribution in [0.3, 0.4) is 0 Å². The van der Waals surface area contributed by atoms with Crippen LogP contribution in [0.25, 0.3) is 0 Å². The van der Waals surface area contributed by atoms with Crippen molar-refractivity contribution in [1.29, 1.82) is 0 Å². The van der Waals surface area contributed by atoms with Gasteiger partial charge in [0.15, 0.2) is 0 Å². The van der Waals surface area contributed by atoms with Crippen LogP contribution in [0.1, 0.15) is 32.0 Å². The Labute approximate surface area is 125 Å². The van der Waals surface area contributed by atoms with Crippen LogP contribution in [0.5, 0.6) is 0 Å². The van der Waals surface area contributed by atoms with Gasteiger partial charge in [0.25, 0.3) is 0 Å². The maximum atomic E-state index is 11.9. The van der Waals surface area contributed by atoms with E-state index in [-0.39, 0.29) is 11.6 Å². The summed E-state index contributed by atoms with van der Waals surface area (Å²) in [4.78, 5) is 16.2. The van der Waals surface area contributed by atoms with Crippen LogP contribution < -0.4 is 10.6 Å². The fourth-order valence-corrected chi connectivity index (χ4v) is 3.13. The highest BCUT2D eigenvalue weighted by atomic mass is 16.5. The third kappa shape index (κ3) is 3.56. The molecule has 2 N–H and O–H groups in total. The molecule has 0 aliphatic carbocycles. The minimum atomic E-state index is -0.188. The number of urea groups is 1.